The number of anilines is 1. The summed E-state index contributed by atoms with van der Waals surface area (Å²) in [5.41, 5.74) is 6.09. The van der Waals surface area contributed by atoms with Crippen LogP contribution in [0.1, 0.15) is 18.3 Å². The highest BCUT2D eigenvalue weighted by Crippen LogP contribution is 2.30. The summed E-state index contributed by atoms with van der Waals surface area (Å²) in [5, 5.41) is 3.57. The Hall–Kier alpha value is -2.14. The fraction of sp³-hybridized carbons (Fsp3) is 0.214. The zero-order chi connectivity index (χ0) is 14.8. The monoisotopic (exact) mass is 290 g/mol. The molecule has 0 saturated carbocycles. The van der Waals surface area contributed by atoms with Crippen LogP contribution in [0.4, 0.5) is 5.69 Å². The molecule has 0 saturated heterocycles. The summed E-state index contributed by atoms with van der Waals surface area (Å²) in [6.45, 7) is 3.44. The average Bonchev–Trinajstić information content (AvgIpc) is 2.41. The number of nitrogens with one attached hydrogen (secondary N) is 1. The number of primary amides is 1. The minimum absolute atomic E-state index is 0.479. The maximum Gasteiger partial charge on any atom is 0.249 e. The van der Waals surface area contributed by atoms with Crippen molar-refractivity contribution in [2.45, 2.75) is 19.4 Å². The van der Waals surface area contributed by atoms with Crippen molar-refractivity contribution >= 4 is 23.2 Å². The number of aryl methyl sites for hydroxylation is 1. The lowest BCUT2D eigenvalue weighted by Crippen LogP contribution is -2.46. The Labute approximate surface area is 122 Å². The molecule has 0 aliphatic rings. The van der Waals surface area contributed by atoms with Gasteiger partial charge in [-0.1, -0.05) is 23.7 Å². The van der Waals surface area contributed by atoms with E-state index in [1.54, 1.807) is 32.2 Å². The van der Waals surface area contributed by atoms with Crippen molar-refractivity contribution < 1.29 is 4.79 Å². The second-order valence-corrected chi connectivity index (χ2v) is 4.99. The van der Waals surface area contributed by atoms with Crippen LogP contribution in [-0.2, 0) is 10.3 Å². The molecule has 6 heteroatoms. The fourth-order valence-electron chi connectivity index (χ4n) is 1.97. The van der Waals surface area contributed by atoms with Gasteiger partial charge in [0.25, 0.3) is 0 Å². The number of hydrogen-bond donors (Lipinski definition) is 2. The third kappa shape index (κ3) is 2.58. The van der Waals surface area contributed by atoms with Crippen LogP contribution in [0.3, 0.4) is 0 Å². The van der Waals surface area contributed by atoms with Gasteiger partial charge in [0, 0.05) is 12.4 Å². The van der Waals surface area contributed by atoms with E-state index in [0.29, 0.717) is 22.1 Å². The van der Waals surface area contributed by atoms with Gasteiger partial charge in [-0.25, -0.2) is 0 Å². The largest absolute Gasteiger partial charge is 0.367 e. The van der Waals surface area contributed by atoms with Crippen molar-refractivity contribution in [1.82, 2.24) is 9.97 Å². The average molecular weight is 291 g/mol. The van der Waals surface area contributed by atoms with Gasteiger partial charge >= 0.3 is 0 Å². The van der Waals surface area contributed by atoms with E-state index in [-0.39, 0.29) is 0 Å². The van der Waals surface area contributed by atoms with Gasteiger partial charge in [0.15, 0.2) is 5.54 Å². The molecule has 1 aromatic carbocycles. The van der Waals surface area contributed by atoms with Gasteiger partial charge in [-0.05, 0) is 26.0 Å². The molecule has 2 aromatic rings. The lowest BCUT2D eigenvalue weighted by atomic mass is 9.94. The van der Waals surface area contributed by atoms with Crippen LogP contribution in [0.15, 0.2) is 36.7 Å². The van der Waals surface area contributed by atoms with E-state index in [9.17, 15) is 4.79 Å². The van der Waals surface area contributed by atoms with E-state index in [2.05, 4.69) is 15.3 Å². The molecule has 0 aliphatic carbocycles. The molecule has 0 spiro atoms. The molecule has 1 heterocycles. The van der Waals surface area contributed by atoms with Crippen molar-refractivity contribution in [2.24, 2.45) is 5.73 Å². The van der Waals surface area contributed by atoms with Gasteiger partial charge in [0.05, 0.1) is 22.1 Å². The van der Waals surface area contributed by atoms with E-state index >= 15 is 0 Å². The minimum atomic E-state index is -1.19. The SMILES string of the molecule is Cc1nccnc1C(C)(Nc1ccccc1Cl)C(N)=O. The van der Waals surface area contributed by atoms with E-state index in [1.165, 1.54) is 6.20 Å². The Morgan fingerprint density at radius 3 is 2.55 bits per heavy atom. The highest BCUT2D eigenvalue weighted by molar-refractivity contribution is 6.33. The molecule has 2 rings (SSSR count). The number of nitrogens with zero attached hydrogens (tertiary/aromatic N) is 2. The first kappa shape index (κ1) is 14.3. The molecule has 3 N–H and O–H groups in total. The van der Waals surface area contributed by atoms with Gasteiger partial charge in [-0.2, -0.15) is 0 Å². The number of hydrogen-bond acceptors (Lipinski definition) is 4. The number of nitrogens with two attached hydrogens (primary N) is 1. The standard InChI is InChI=1S/C14H15ClN4O/c1-9-12(18-8-7-17-9)14(2,13(16)20)19-11-6-4-3-5-10(11)15/h3-8,19H,1-2H3,(H2,16,20). The number of halogens is 1. The van der Waals surface area contributed by atoms with Crippen molar-refractivity contribution in [1.29, 1.82) is 0 Å². The third-order valence-corrected chi connectivity index (χ3v) is 3.44. The topological polar surface area (TPSA) is 80.9 Å². The highest BCUT2D eigenvalue weighted by atomic mass is 35.5. The van der Waals surface area contributed by atoms with Crippen molar-refractivity contribution in [2.75, 3.05) is 5.32 Å². The molecule has 0 fully saturated rings. The van der Waals surface area contributed by atoms with Gasteiger partial charge < -0.3 is 11.1 Å². The molecule has 0 bridgehead atoms. The predicted octanol–water partition coefficient (Wildman–Crippen LogP) is 2.25. The van der Waals surface area contributed by atoms with Crippen LogP contribution >= 0.6 is 11.6 Å². The predicted molar refractivity (Wildman–Crippen MR) is 78.4 cm³/mol. The Bertz CT molecular complexity index is 647. The van der Waals surface area contributed by atoms with E-state index in [0.717, 1.165) is 0 Å². The summed E-state index contributed by atoms with van der Waals surface area (Å²) >= 11 is 6.11. The van der Waals surface area contributed by atoms with E-state index in [1.807, 2.05) is 12.1 Å². The quantitative estimate of drug-likeness (QED) is 0.905. The van der Waals surface area contributed by atoms with Gasteiger partial charge in [-0.15, -0.1) is 0 Å². The highest BCUT2D eigenvalue weighted by Gasteiger charge is 2.37. The third-order valence-electron chi connectivity index (χ3n) is 3.11. The second kappa shape index (κ2) is 5.46. The van der Waals surface area contributed by atoms with Crippen molar-refractivity contribution in [3.63, 3.8) is 0 Å². The number of para-hydroxylation sites is 1. The van der Waals surface area contributed by atoms with Gasteiger partial charge in [0.2, 0.25) is 5.91 Å². The molecule has 1 aromatic heterocycles. The van der Waals surface area contributed by atoms with Crippen LogP contribution in [0.2, 0.25) is 5.02 Å². The molecule has 20 heavy (non-hydrogen) atoms. The molecule has 0 radical (unpaired) electrons. The maximum atomic E-state index is 11.9. The maximum absolute atomic E-state index is 11.9. The molecule has 5 nitrogen and oxygen atoms in total. The minimum Gasteiger partial charge on any atom is -0.367 e. The Kier molecular flexibility index (Phi) is 3.90. The molecule has 0 aliphatic heterocycles. The number of amides is 1. The van der Waals surface area contributed by atoms with Gasteiger partial charge in [-0.3, -0.25) is 14.8 Å². The number of aromatic nitrogens is 2. The Balaban J connectivity index is 2.49. The molecule has 1 unspecified atom stereocenters. The first-order valence-corrected chi connectivity index (χ1v) is 6.43. The van der Waals surface area contributed by atoms with Crippen LogP contribution < -0.4 is 11.1 Å². The van der Waals surface area contributed by atoms with Crippen molar-refractivity contribution in [3.05, 3.63) is 53.1 Å². The number of carbonyl (C=O) groups is 1. The summed E-state index contributed by atoms with van der Waals surface area (Å²) in [6.07, 6.45) is 3.09. The molecule has 1 amide bonds. The lowest BCUT2D eigenvalue weighted by molar-refractivity contribution is -0.122. The first-order chi connectivity index (χ1) is 9.45. The van der Waals surface area contributed by atoms with Crippen LogP contribution in [0.25, 0.3) is 0 Å². The van der Waals surface area contributed by atoms with E-state index in [4.69, 9.17) is 17.3 Å². The summed E-state index contributed by atoms with van der Waals surface area (Å²) < 4.78 is 0. The summed E-state index contributed by atoms with van der Waals surface area (Å²) in [4.78, 5) is 20.3. The van der Waals surface area contributed by atoms with E-state index < -0.39 is 11.4 Å². The molecule has 1 atom stereocenters. The number of rotatable bonds is 4. The van der Waals surface area contributed by atoms with Crippen LogP contribution in [0, 0.1) is 6.92 Å². The second-order valence-electron chi connectivity index (χ2n) is 4.58. The smallest absolute Gasteiger partial charge is 0.249 e. The number of carbonyl (C=O) groups excluding carboxylic acids is 1. The fourth-order valence-corrected chi connectivity index (χ4v) is 2.15. The normalized spacial score (nSPS) is 13.6. The summed E-state index contributed by atoms with van der Waals surface area (Å²) in [6, 6.07) is 7.13. The molecular weight excluding hydrogens is 276 g/mol. The van der Waals surface area contributed by atoms with Crippen molar-refractivity contribution in [3.8, 4) is 0 Å². The molecule has 104 valence electrons. The van der Waals surface area contributed by atoms with Crippen LogP contribution in [0.5, 0.6) is 0 Å². The Morgan fingerprint density at radius 2 is 1.95 bits per heavy atom. The lowest BCUT2D eigenvalue weighted by Gasteiger charge is -2.29. The summed E-state index contributed by atoms with van der Waals surface area (Å²) in [5.74, 6) is -0.555. The first-order valence-electron chi connectivity index (χ1n) is 6.06. The zero-order valence-electron chi connectivity index (χ0n) is 11.2. The van der Waals surface area contributed by atoms with Crippen LogP contribution in [-0.4, -0.2) is 15.9 Å². The Morgan fingerprint density at radius 1 is 1.30 bits per heavy atom. The molecular formula is C14H15ClN4O. The summed E-state index contributed by atoms with van der Waals surface area (Å²) in [7, 11) is 0. The zero-order valence-corrected chi connectivity index (χ0v) is 12.0. The number of benzene rings is 1. The van der Waals surface area contributed by atoms with Gasteiger partial charge in [0.1, 0.15) is 0 Å².